The van der Waals surface area contributed by atoms with Crippen molar-refractivity contribution in [1.82, 2.24) is 14.5 Å². The van der Waals surface area contributed by atoms with Crippen LogP contribution in [0.3, 0.4) is 0 Å². The first kappa shape index (κ1) is 14.5. The molecule has 1 amide bonds. The number of hydrogen-bond acceptors (Lipinski definition) is 4. The molecule has 0 spiro atoms. The highest BCUT2D eigenvalue weighted by Crippen LogP contribution is 2.14. The Labute approximate surface area is 119 Å². The van der Waals surface area contributed by atoms with Crippen molar-refractivity contribution in [3.63, 3.8) is 0 Å². The third kappa shape index (κ3) is 2.53. The Bertz CT molecular complexity index is 756. The first-order valence-electron chi connectivity index (χ1n) is 6.42. The van der Waals surface area contributed by atoms with Crippen LogP contribution in [0.5, 0.6) is 0 Å². The summed E-state index contributed by atoms with van der Waals surface area (Å²) in [5, 5.41) is 4.56. The van der Waals surface area contributed by atoms with E-state index >= 15 is 0 Å². The van der Waals surface area contributed by atoms with Gasteiger partial charge in [0, 0.05) is 13.1 Å². The predicted octanol–water partition coefficient (Wildman–Crippen LogP) is 0.676. The van der Waals surface area contributed by atoms with Gasteiger partial charge in [0.05, 0.1) is 5.52 Å². The summed E-state index contributed by atoms with van der Waals surface area (Å²) >= 11 is 1.27. The van der Waals surface area contributed by atoms with E-state index in [1.807, 2.05) is 13.8 Å². The zero-order valence-electron chi connectivity index (χ0n) is 11.7. The van der Waals surface area contributed by atoms with Gasteiger partial charge in [0.25, 0.3) is 5.56 Å². The van der Waals surface area contributed by atoms with E-state index in [0.717, 1.165) is 11.0 Å². The van der Waals surface area contributed by atoms with E-state index in [2.05, 4.69) is 5.32 Å². The minimum atomic E-state index is -0.472. The van der Waals surface area contributed by atoms with Gasteiger partial charge in [0.1, 0.15) is 11.2 Å². The lowest BCUT2D eigenvalue weighted by Crippen LogP contribution is -2.42. The third-order valence-corrected chi connectivity index (χ3v) is 4.17. The average molecular weight is 295 g/mol. The van der Waals surface area contributed by atoms with Gasteiger partial charge in [0.2, 0.25) is 5.91 Å². The maximum Gasteiger partial charge on any atom is 0.331 e. The minimum absolute atomic E-state index is 0.0590. The van der Waals surface area contributed by atoms with Crippen molar-refractivity contribution >= 4 is 27.5 Å². The van der Waals surface area contributed by atoms with Gasteiger partial charge < -0.3 is 5.32 Å². The molecule has 2 aromatic heterocycles. The van der Waals surface area contributed by atoms with Crippen LogP contribution in [0.15, 0.2) is 21.0 Å². The quantitative estimate of drug-likeness (QED) is 0.901. The monoisotopic (exact) mass is 295 g/mol. The van der Waals surface area contributed by atoms with E-state index in [0.29, 0.717) is 10.2 Å². The summed E-state index contributed by atoms with van der Waals surface area (Å²) in [6.07, 6.45) is 0.821. The fourth-order valence-corrected chi connectivity index (χ4v) is 2.79. The zero-order valence-corrected chi connectivity index (χ0v) is 12.5. The summed E-state index contributed by atoms with van der Waals surface area (Å²) in [5.74, 6) is -0.229. The fraction of sp³-hybridized carbons (Fsp3) is 0.462. The number of rotatable bonds is 4. The Morgan fingerprint density at radius 1 is 1.45 bits per heavy atom. The van der Waals surface area contributed by atoms with Gasteiger partial charge in [-0.3, -0.25) is 18.7 Å². The molecule has 20 heavy (non-hydrogen) atoms. The molecule has 0 aliphatic heterocycles. The van der Waals surface area contributed by atoms with Crippen molar-refractivity contribution in [2.24, 2.45) is 7.05 Å². The number of nitrogens with zero attached hydrogens (tertiary/aromatic N) is 2. The van der Waals surface area contributed by atoms with Crippen molar-refractivity contribution in [2.75, 3.05) is 0 Å². The normalized spacial score (nSPS) is 12.6. The molecule has 7 heteroatoms. The second-order valence-corrected chi connectivity index (χ2v) is 5.66. The largest absolute Gasteiger partial charge is 0.352 e. The van der Waals surface area contributed by atoms with Crippen LogP contribution in [-0.4, -0.2) is 21.1 Å². The summed E-state index contributed by atoms with van der Waals surface area (Å²) in [5.41, 5.74) is -0.277. The third-order valence-electron chi connectivity index (χ3n) is 3.27. The fourth-order valence-electron chi connectivity index (χ4n) is 1.92. The van der Waals surface area contributed by atoms with Crippen LogP contribution in [0.1, 0.15) is 20.3 Å². The van der Waals surface area contributed by atoms with E-state index in [9.17, 15) is 14.4 Å². The van der Waals surface area contributed by atoms with Gasteiger partial charge in [-0.2, -0.15) is 0 Å². The molecule has 0 radical (unpaired) electrons. The molecule has 2 heterocycles. The maximum atomic E-state index is 12.1. The smallest absolute Gasteiger partial charge is 0.331 e. The highest BCUT2D eigenvalue weighted by molar-refractivity contribution is 7.17. The molecule has 1 atom stereocenters. The second kappa shape index (κ2) is 5.62. The van der Waals surface area contributed by atoms with E-state index < -0.39 is 5.69 Å². The molecular formula is C13H17N3O3S. The van der Waals surface area contributed by atoms with Crippen molar-refractivity contribution < 1.29 is 4.79 Å². The number of thiophene rings is 1. The second-order valence-electron chi connectivity index (χ2n) is 4.74. The lowest BCUT2D eigenvalue weighted by molar-refractivity contribution is -0.122. The van der Waals surface area contributed by atoms with Crippen molar-refractivity contribution in [2.45, 2.75) is 32.9 Å². The number of amides is 1. The van der Waals surface area contributed by atoms with E-state index in [1.165, 1.54) is 23.0 Å². The van der Waals surface area contributed by atoms with E-state index in [4.69, 9.17) is 0 Å². The summed E-state index contributed by atoms with van der Waals surface area (Å²) < 4.78 is 2.86. The molecule has 0 aliphatic carbocycles. The number of fused-ring (bicyclic) bond motifs is 1. The first-order chi connectivity index (χ1) is 9.45. The van der Waals surface area contributed by atoms with Crippen LogP contribution < -0.4 is 16.6 Å². The number of aromatic nitrogens is 2. The standard InChI is InChI=1S/C13H17N3O3S/c1-4-8(2)14-10(17)7-16-9-5-6-20-11(9)12(18)15(3)13(16)19/h5-6,8H,4,7H2,1-3H3,(H,14,17)/t8-/m0/s1. The molecule has 108 valence electrons. The lowest BCUT2D eigenvalue weighted by atomic mass is 10.2. The Kier molecular flexibility index (Phi) is 4.08. The van der Waals surface area contributed by atoms with Gasteiger partial charge in [-0.05, 0) is 24.8 Å². The number of carbonyl (C=O) groups is 1. The van der Waals surface area contributed by atoms with Crippen molar-refractivity contribution in [1.29, 1.82) is 0 Å². The Morgan fingerprint density at radius 2 is 2.15 bits per heavy atom. The van der Waals surface area contributed by atoms with Gasteiger partial charge in [-0.25, -0.2) is 4.79 Å². The van der Waals surface area contributed by atoms with Crippen LogP contribution >= 0.6 is 11.3 Å². The molecule has 6 nitrogen and oxygen atoms in total. The molecule has 0 aromatic carbocycles. The van der Waals surface area contributed by atoms with E-state index in [-0.39, 0.29) is 24.1 Å². The highest BCUT2D eigenvalue weighted by Gasteiger charge is 2.15. The van der Waals surface area contributed by atoms with E-state index in [1.54, 1.807) is 11.4 Å². The Balaban J connectivity index is 2.45. The van der Waals surface area contributed by atoms with Crippen LogP contribution in [-0.2, 0) is 18.4 Å². The molecule has 0 bridgehead atoms. The average Bonchev–Trinajstić information content (AvgIpc) is 2.90. The SMILES string of the molecule is CC[C@H](C)NC(=O)Cn1c(=O)n(C)c(=O)c2sccc21. The topological polar surface area (TPSA) is 73.1 Å². The molecule has 0 fully saturated rings. The molecule has 0 saturated carbocycles. The predicted molar refractivity (Wildman–Crippen MR) is 79.2 cm³/mol. The summed E-state index contributed by atoms with van der Waals surface area (Å²) in [4.78, 5) is 36.0. The lowest BCUT2D eigenvalue weighted by Gasteiger charge is -2.13. The molecule has 1 N–H and O–H groups in total. The minimum Gasteiger partial charge on any atom is -0.352 e. The molecule has 0 saturated heterocycles. The Morgan fingerprint density at radius 3 is 2.80 bits per heavy atom. The van der Waals surface area contributed by atoms with Crippen molar-refractivity contribution in [3.05, 3.63) is 32.3 Å². The highest BCUT2D eigenvalue weighted by atomic mass is 32.1. The summed E-state index contributed by atoms with van der Waals surface area (Å²) in [7, 11) is 1.42. The molecule has 0 unspecified atom stereocenters. The zero-order chi connectivity index (χ0) is 14.9. The molecule has 0 aliphatic rings. The van der Waals surface area contributed by atoms with Crippen LogP contribution in [0, 0.1) is 0 Å². The summed E-state index contributed by atoms with van der Waals surface area (Å²) in [6, 6.07) is 1.75. The van der Waals surface area contributed by atoms with Crippen LogP contribution in [0.4, 0.5) is 0 Å². The molecule has 2 rings (SSSR count). The number of hydrogen-bond donors (Lipinski definition) is 1. The van der Waals surface area contributed by atoms with Gasteiger partial charge >= 0.3 is 5.69 Å². The molecular weight excluding hydrogens is 278 g/mol. The van der Waals surface area contributed by atoms with Crippen molar-refractivity contribution in [3.8, 4) is 0 Å². The van der Waals surface area contributed by atoms with Gasteiger partial charge in [0.15, 0.2) is 0 Å². The van der Waals surface area contributed by atoms with Gasteiger partial charge in [-0.1, -0.05) is 6.92 Å². The first-order valence-corrected chi connectivity index (χ1v) is 7.30. The maximum absolute atomic E-state index is 12.1. The summed E-state index contributed by atoms with van der Waals surface area (Å²) in [6.45, 7) is 3.80. The number of nitrogens with one attached hydrogen (secondary N) is 1. The Hall–Kier alpha value is -1.89. The van der Waals surface area contributed by atoms with Gasteiger partial charge in [-0.15, -0.1) is 11.3 Å². The van der Waals surface area contributed by atoms with Crippen LogP contribution in [0.25, 0.3) is 10.2 Å². The number of carbonyl (C=O) groups excluding carboxylic acids is 1. The van der Waals surface area contributed by atoms with Crippen LogP contribution in [0.2, 0.25) is 0 Å². The molecule has 2 aromatic rings.